The molecule has 0 unspecified atom stereocenters. The number of carbonyl (C=O) groups is 6. The maximum Gasteiger partial charge on any atom is 0.412 e. The van der Waals surface area contributed by atoms with Gasteiger partial charge in [-0.25, -0.2) is 29.2 Å². The Balaban J connectivity index is 1.71. The van der Waals surface area contributed by atoms with Gasteiger partial charge in [0.2, 0.25) is 0 Å². The highest BCUT2D eigenvalue weighted by atomic mass is 32.2. The van der Waals surface area contributed by atoms with E-state index in [2.05, 4.69) is 23.8 Å². The number of nitrogens with zero attached hydrogens (tertiary/aromatic N) is 2. The molecule has 0 saturated carbocycles. The molecule has 54 heavy (non-hydrogen) atoms. The molecule has 1 aromatic rings. The molecule has 0 aromatic heterocycles. The minimum Gasteiger partial charge on any atom is -0.460 e. The van der Waals surface area contributed by atoms with E-state index in [1.54, 1.807) is 0 Å². The van der Waals surface area contributed by atoms with Gasteiger partial charge in [0.25, 0.3) is 11.8 Å². The van der Waals surface area contributed by atoms with Gasteiger partial charge in [0.1, 0.15) is 30.3 Å². The molecule has 1 saturated heterocycles. The van der Waals surface area contributed by atoms with Crippen LogP contribution in [0.1, 0.15) is 53.4 Å². The van der Waals surface area contributed by atoms with Crippen molar-refractivity contribution in [3.63, 3.8) is 0 Å². The highest BCUT2D eigenvalue weighted by Crippen LogP contribution is 2.59. The van der Waals surface area contributed by atoms with Gasteiger partial charge in [0.05, 0.1) is 40.5 Å². The first-order valence-electron chi connectivity index (χ1n) is 17.5. The van der Waals surface area contributed by atoms with E-state index in [1.807, 2.05) is 13.8 Å². The molecule has 0 radical (unpaired) electrons. The first-order valence-corrected chi connectivity index (χ1v) is 19.1. The van der Waals surface area contributed by atoms with Crippen molar-refractivity contribution in [1.82, 2.24) is 20.7 Å². The highest BCUT2D eigenvalue weighted by molar-refractivity contribution is 8.25. The number of nitrogens with one attached hydrogen (secondary N) is 2. The molecule has 4 amide bonds. The van der Waals surface area contributed by atoms with Gasteiger partial charge in [0, 0.05) is 37.3 Å². The predicted octanol–water partition coefficient (Wildman–Crippen LogP) is 4.73. The monoisotopic (exact) mass is 792 g/mol. The summed E-state index contributed by atoms with van der Waals surface area (Å²) in [6.07, 6.45) is 1.50. The normalized spacial score (nSPS) is 13.5. The molecular formula is C36H48N4O12S2. The standard InChI is InChI=1S/C36H48N4O12S2/c1-7-9-15-39-30(41)27(31(42)40(39)16-10-8-2)34-53-28-25(51-35(45)37-13-17-47-19-21-49-32(43)23(3)4)11-12-26(29(28)54-34)52-36(46)38-14-18-48-20-22-50-33(44)24(5)6/h11-12H,3,5,7-10,13-22H2,1-2,4,6H3,(H,37,45)(H,38,46). The lowest BCUT2D eigenvalue weighted by molar-refractivity contribution is -0.147. The molecule has 2 N–H and O–H groups in total. The van der Waals surface area contributed by atoms with Crippen molar-refractivity contribution in [2.75, 3.05) is 65.8 Å². The molecule has 18 heteroatoms. The van der Waals surface area contributed by atoms with Crippen LogP contribution in [0.15, 0.2) is 56.0 Å². The summed E-state index contributed by atoms with van der Waals surface area (Å²) < 4.78 is 32.2. The van der Waals surface area contributed by atoms with Crippen molar-refractivity contribution in [2.24, 2.45) is 0 Å². The Morgan fingerprint density at radius 3 is 1.44 bits per heavy atom. The number of rotatable bonds is 22. The van der Waals surface area contributed by atoms with E-state index in [0.717, 1.165) is 36.4 Å². The second-order valence-corrected chi connectivity index (χ2v) is 14.1. The molecule has 2 heterocycles. The fourth-order valence-electron chi connectivity index (χ4n) is 4.55. The summed E-state index contributed by atoms with van der Waals surface area (Å²) in [5, 5.41) is 8.13. The van der Waals surface area contributed by atoms with Gasteiger partial charge in [-0.2, -0.15) is 0 Å². The Labute approximate surface area is 323 Å². The molecular weight excluding hydrogens is 745 g/mol. The van der Waals surface area contributed by atoms with Gasteiger partial charge < -0.3 is 39.1 Å². The zero-order chi connectivity index (χ0) is 39.6. The third-order valence-corrected chi connectivity index (χ3v) is 9.95. The predicted molar refractivity (Wildman–Crippen MR) is 200 cm³/mol. The quantitative estimate of drug-likeness (QED) is 0.0710. The van der Waals surface area contributed by atoms with E-state index in [0.29, 0.717) is 40.0 Å². The lowest BCUT2D eigenvalue weighted by Gasteiger charge is -2.27. The van der Waals surface area contributed by atoms with Gasteiger partial charge in [0.15, 0.2) is 0 Å². The Kier molecular flexibility index (Phi) is 18.4. The van der Waals surface area contributed by atoms with Crippen LogP contribution in [0.25, 0.3) is 0 Å². The summed E-state index contributed by atoms with van der Waals surface area (Å²) >= 11 is 2.15. The van der Waals surface area contributed by atoms with Gasteiger partial charge in [-0.15, -0.1) is 0 Å². The van der Waals surface area contributed by atoms with Crippen molar-refractivity contribution in [3.05, 3.63) is 46.2 Å². The molecule has 1 fully saturated rings. The Morgan fingerprint density at radius 1 is 0.667 bits per heavy atom. The summed E-state index contributed by atoms with van der Waals surface area (Å²) in [6.45, 7) is 15.6. The zero-order valence-electron chi connectivity index (χ0n) is 31.1. The molecule has 0 atom stereocenters. The fourth-order valence-corrected chi connectivity index (χ4v) is 7.20. The van der Waals surface area contributed by atoms with Crippen molar-refractivity contribution in [3.8, 4) is 11.5 Å². The van der Waals surface area contributed by atoms with E-state index in [1.165, 1.54) is 36.0 Å². The number of hydrogen-bond acceptors (Lipinski definition) is 14. The van der Waals surface area contributed by atoms with E-state index < -0.39 is 35.9 Å². The van der Waals surface area contributed by atoms with Crippen LogP contribution < -0.4 is 20.1 Å². The average molecular weight is 793 g/mol. The topological polar surface area (TPSA) is 188 Å². The third kappa shape index (κ3) is 13.1. The SMILES string of the molecule is C=C(C)C(=O)OCCOCCNC(=O)Oc1ccc(OC(=O)NCCOCCOC(=O)C(=C)C)c2c1SC(=C1C(=O)N(CCCC)N(CCCC)C1=O)S2. The van der Waals surface area contributed by atoms with Crippen LogP contribution >= 0.6 is 23.5 Å². The van der Waals surface area contributed by atoms with E-state index >= 15 is 0 Å². The zero-order valence-corrected chi connectivity index (χ0v) is 32.7. The maximum atomic E-state index is 13.7. The summed E-state index contributed by atoms with van der Waals surface area (Å²) in [6, 6.07) is 2.90. The molecule has 296 valence electrons. The van der Waals surface area contributed by atoms with E-state index in [4.69, 9.17) is 28.4 Å². The summed E-state index contributed by atoms with van der Waals surface area (Å²) in [7, 11) is 0. The van der Waals surface area contributed by atoms with Crippen molar-refractivity contribution in [1.29, 1.82) is 0 Å². The molecule has 1 aromatic carbocycles. The van der Waals surface area contributed by atoms with Crippen LogP contribution in [0.4, 0.5) is 9.59 Å². The maximum absolute atomic E-state index is 13.7. The van der Waals surface area contributed by atoms with E-state index in [9.17, 15) is 28.8 Å². The molecule has 3 rings (SSSR count). The summed E-state index contributed by atoms with van der Waals surface area (Å²) in [5.41, 5.74) is 0.547. The first kappa shape index (κ1) is 43.9. The lowest BCUT2D eigenvalue weighted by atomic mass is 10.3. The number of benzene rings is 1. The summed E-state index contributed by atoms with van der Waals surface area (Å²) in [4.78, 5) is 76.6. The largest absolute Gasteiger partial charge is 0.460 e. The van der Waals surface area contributed by atoms with Crippen molar-refractivity contribution >= 4 is 59.5 Å². The van der Waals surface area contributed by atoms with Gasteiger partial charge in [-0.1, -0.05) is 63.4 Å². The molecule has 2 aliphatic rings. The fraction of sp³-hybridized carbons (Fsp3) is 0.500. The average Bonchev–Trinajstić information content (AvgIpc) is 3.67. The second kappa shape index (κ2) is 22.6. The minimum absolute atomic E-state index is 0.00336. The number of unbranched alkanes of at least 4 members (excludes halogenated alkanes) is 2. The van der Waals surface area contributed by atoms with Crippen LogP contribution in [0.5, 0.6) is 11.5 Å². The number of amides is 4. The summed E-state index contributed by atoms with van der Waals surface area (Å²) in [5.74, 6) is -1.66. The van der Waals surface area contributed by atoms with Crippen LogP contribution in [0, 0.1) is 0 Å². The number of hydrogen-bond donors (Lipinski definition) is 2. The van der Waals surface area contributed by atoms with Gasteiger partial charge in [-0.05, 0) is 38.8 Å². The Bertz CT molecular complexity index is 1500. The van der Waals surface area contributed by atoms with Crippen molar-refractivity contribution in [2.45, 2.75) is 63.2 Å². The minimum atomic E-state index is -0.800. The van der Waals surface area contributed by atoms with Crippen molar-refractivity contribution < 1.29 is 57.2 Å². The number of esters is 2. The highest BCUT2D eigenvalue weighted by Gasteiger charge is 2.44. The number of fused-ring (bicyclic) bond motifs is 1. The molecule has 0 aliphatic carbocycles. The van der Waals surface area contributed by atoms with Gasteiger partial charge >= 0.3 is 24.1 Å². The van der Waals surface area contributed by atoms with Crippen LogP contribution in [0.3, 0.4) is 0 Å². The van der Waals surface area contributed by atoms with Gasteiger partial charge in [-0.3, -0.25) is 9.59 Å². The molecule has 16 nitrogen and oxygen atoms in total. The molecule has 2 aliphatic heterocycles. The van der Waals surface area contributed by atoms with Crippen LogP contribution in [-0.2, 0) is 38.1 Å². The van der Waals surface area contributed by atoms with Crippen LogP contribution in [-0.4, -0.2) is 112 Å². The first-order chi connectivity index (χ1) is 25.9. The Morgan fingerprint density at radius 2 is 1.07 bits per heavy atom. The number of carbonyl (C=O) groups excluding carboxylic acids is 6. The smallest absolute Gasteiger partial charge is 0.412 e. The number of thioether (sulfide) groups is 2. The number of hydrazine groups is 1. The number of ether oxygens (including phenoxy) is 6. The molecule has 0 bridgehead atoms. The Hall–Kier alpha value is -4.52. The van der Waals surface area contributed by atoms with Crippen LogP contribution in [0.2, 0.25) is 0 Å². The third-order valence-electron chi connectivity index (χ3n) is 7.32. The second-order valence-electron chi connectivity index (χ2n) is 11.8. The molecule has 0 spiro atoms. The lowest BCUT2D eigenvalue weighted by Crippen LogP contribution is -2.42. The van der Waals surface area contributed by atoms with E-state index in [-0.39, 0.29) is 80.9 Å².